The number of nitrogens with zero attached hydrogens (tertiary/aromatic N) is 2. The Balaban J connectivity index is 1.31. The summed E-state index contributed by atoms with van der Waals surface area (Å²) in [6.07, 6.45) is 4.48. The fourth-order valence-electron chi connectivity index (χ4n) is 5.42. The van der Waals surface area contributed by atoms with Crippen LogP contribution < -0.4 is 5.32 Å². The highest BCUT2D eigenvalue weighted by Crippen LogP contribution is 2.30. The van der Waals surface area contributed by atoms with Gasteiger partial charge >= 0.3 is 5.97 Å². The quantitative estimate of drug-likeness (QED) is 0.243. The number of amides is 1. The molecule has 1 aliphatic heterocycles. The summed E-state index contributed by atoms with van der Waals surface area (Å²) < 4.78 is 33.5. The molecule has 2 unspecified atom stereocenters. The first kappa shape index (κ1) is 33.0. The van der Waals surface area contributed by atoms with E-state index in [2.05, 4.69) is 10.3 Å². The molecule has 0 radical (unpaired) electrons. The Morgan fingerprint density at radius 1 is 0.932 bits per heavy atom. The molecule has 0 spiro atoms. The van der Waals surface area contributed by atoms with Crippen LogP contribution in [-0.2, 0) is 48.4 Å². The molecule has 1 aromatic heterocycles. The lowest BCUT2D eigenvalue weighted by atomic mass is 10.00. The van der Waals surface area contributed by atoms with Gasteiger partial charge < -0.3 is 15.2 Å². The van der Waals surface area contributed by atoms with E-state index in [9.17, 15) is 27.9 Å². The zero-order chi connectivity index (χ0) is 31.7. The molecule has 0 aliphatic carbocycles. The van der Waals surface area contributed by atoms with E-state index in [0.29, 0.717) is 18.4 Å². The summed E-state index contributed by atoms with van der Waals surface area (Å²) in [6.45, 7) is 3.12. The molecular weight excluding hydrogens is 582 g/mol. The Labute approximate surface area is 258 Å². The van der Waals surface area contributed by atoms with Gasteiger partial charge in [0.15, 0.2) is 0 Å². The van der Waals surface area contributed by atoms with Crippen LogP contribution in [0, 0.1) is 0 Å². The maximum Gasteiger partial charge on any atom is 0.326 e. The van der Waals surface area contributed by atoms with Crippen molar-refractivity contribution in [3.8, 4) is 0 Å². The fourth-order valence-corrected chi connectivity index (χ4v) is 7.17. The second-order valence-electron chi connectivity index (χ2n) is 11.1. The molecule has 11 heteroatoms. The monoisotopic (exact) mass is 621 g/mol. The highest BCUT2D eigenvalue weighted by Gasteiger charge is 2.49. The van der Waals surface area contributed by atoms with Crippen molar-refractivity contribution in [1.82, 2.24) is 14.6 Å². The zero-order valence-electron chi connectivity index (χ0n) is 25.0. The summed E-state index contributed by atoms with van der Waals surface area (Å²) in [6, 6.07) is 18.1. The van der Waals surface area contributed by atoms with Crippen molar-refractivity contribution >= 4 is 27.7 Å². The number of pyridine rings is 1. The van der Waals surface area contributed by atoms with E-state index in [-0.39, 0.29) is 17.1 Å². The maximum absolute atomic E-state index is 13.4. The fraction of sp³-hybridized carbons (Fsp3) is 0.394. The van der Waals surface area contributed by atoms with Gasteiger partial charge in [-0.2, -0.15) is 4.31 Å². The van der Waals surface area contributed by atoms with Gasteiger partial charge in [-0.3, -0.25) is 14.6 Å². The average Bonchev–Trinajstić information content (AvgIpc) is 3.32. The minimum absolute atomic E-state index is 0.0105. The van der Waals surface area contributed by atoms with Gasteiger partial charge in [0.05, 0.1) is 11.0 Å². The molecule has 0 bridgehead atoms. The van der Waals surface area contributed by atoms with Gasteiger partial charge in [0.1, 0.15) is 24.1 Å². The number of aromatic nitrogens is 1. The number of benzene rings is 2. The number of sulfonamides is 1. The second-order valence-corrected chi connectivity index (χ2v) is 12.9. The van der Waals surface area contributed by atoms with Crippen LogP contribution in [0.4, 0.5) is 0 Å². The SMILES string of the molecule is CC1OC(C)N(S(=O)(=O)c2ccccc2)[C@@H]1C(=O)N[C@@H](Cc1ccc(CC(=O)CCCCCc2ccccn2)cc1)C(=O)O. The third-order valence-electron chi connectivity index (χ3n) is 7.67. The van der Waals surface area contributed by atoms with Crippen molar-refractivity contribution in [1.29, 1.82) is 0 Å². The molecule has 10 nitrogen and oxygen atoms in total. The third-order valence-corrected chi connectivity index (χ3v) is 9.62. The number of carboxylic acids is 1. The Bertz CT molecular complexity index is 1520. The lowest BCUT2D eigenvalue weighted by molar-refractivity contribution is -0.142. The van der Waals surface area contributed by atoms with E-state index in [1.54, 1.807) is 55.6 Å². The van der Waals surface area contributed by atoms with Gasteiger partial charge in [0.2, 0.25) is 15.9 Å². The van der Waals surface area contributed by atoms with E-state index in [1.165, 1.54) is 19.1 Å². The molecule has 2 aromatic carbocycles. The molecule has 0 saturated carbocycles. The number of carbonyl (C=O) groups is 3. The molecule has 1 aliphatic rings. The number of carboxylic acid groups (broad SMARTS) is 1. The van der Waals surface area contributed by atoms with Gasteiger partial charge in [0, 0.05) is 31.2 Å². The first-order valence-electron chi connectivity index (χ1n) is 14.8. The summed E-state index contributed by atoms with van der Waals surface area (Å²) >= 11 is 0. The van der Waals surface area contributed by atoms with Gasteiger partial charge in [0.25, 0.3) is 0 Å². The van der Waals surface area contributed by atoms with Gasteiger partial charge in [-0.25, -0.2) is 13.2 Å². The minimum Gasteiger partial charge on any atom is -0.480 e. The molecule has 2 heterocycles. The Morgan fingerprint density at radius 3 is 2.27 bits per heavy atom. The van der Waals surface area contributed by atoms with Gasteiger partial charge in [-0.1, -0.05) is 55.0 Å². The van der Waals surface area contributed by atoms with Crippen LogP contribution in [-0.4, -0.2) is 64.9 Å². The van der Waals surface area contributed by atoms with Crippen LogP contribution in [0.1, 0.15) is 56.4 Å². The van der Waals surface area contributed by atoms with Gasteiger partial charge in [-0.05, 0) is 68.5 Å². The van der Waals surface area contributed by atoms with Crippen molar-refractivity contribution in [2.75, 3.05) is 0 Å². The molecule has 1 saturated heterocycles. The van der Waals surface area contributed by atoms with Crippen molar-refractivity contribution < 1.29 is 32.6 Å². The van der Waals surface area contributed by atoms with Crippen LogP contribution in [0.2, 0.25) is 0 Å². The normalized spacial score (nSPS) is 19.4. The number of Topliss-reactive ketones (excluding diaryl/α,β-unsaturated/α-hetero) is 1. The standard InChI is InChI=1S/C33H39N3O7S/c1-23-31(36(24(2)43-23)44(41,42)29-14-7-4-8-15-29)32(38)35-30(33(39)40)22-26-18-16-25(17-19-26)21-28(37)13-6-3-5-11-27-12-9-10-20-34-27/h4,7-10,12,14-20,23-24,30-31H,3,5-6,11,13,21-22H2,1-2H3,(H,35,38)(H,39,40)/t23?,24?,30-,31-/m0/s1. The highest BCUT2D eigenvalue weighted by molar-refractivity contribution is 7.89. The molecular formula is C33H39N3O7S. The zero-order valence-corrected chi connectivity index (χ0v) is 25.8. The molecule has 2 N–H and O–H groups in total. The van der Waals surface area contributed by atoms with Crippen LogP contribution in [0.15, 0.2) is 83.9 Å². The molecule has 1 amide bonds. The van der Waals surface area contributed by atoms with Crippen molar-refractivity contribution in [3.63, 3.8) is 0 Å². The van der Waals surface area contributed by atoms with Gasteiger partial charge in [-0.15, -0.1) is 0 Å². The average molecular weight is 622 g/mol. The van der Waals surface area contributed by atoms with E-state index in [1.807, 2.05) is 18.2 Å². The number of unbranched alkanes of at least 4 members (excludes halogenated alkanes) is 2. The lowest BCUT2D eigenvalue weighted by Gasteiger charge is -2.27. The second kappa shape index (κ2) is 15.2. The Hall–Kier alpha value is -3.93. The predicted molar refractivity (Wildman–Crippen MR) is 164 cm³/mol. The number of rotatable bonds is 15. The smallest absolute Gasteiger partial charge is 0.326 e. The van der Waals surface area contributed by atoms with E-state index >= 15 is 0 Å². The summed E-state index contributed by atoms with van der Waals surface area (Å²) in [4.78, 5) is 42.3. The largest absolute Gasteiger partial charge is 0.480 e. The summed E-state index contributed by atoms with van der Waals surface area (Å²) in [5.41, 5.74) is 2.54. The highest BCUT2D eigenvalue weighted by atomic mass is 32.2. The number of ether oxygens (including phenoxy) is 1. The topological polar surface area (TPSA) is 143 Å². The predicted octanol–water partition coefficient (Wildman–Crippen LogP) is 3.93. The van der Waals surface area contributed by atoms with Crippen molar-refractivity contribution in [2.24, 2.45) is 0 Å². The summed E-state index contributed by atoms with van der Waals surface area (Å²) in [5, 5.41) is 12.4. The van der Waals surface area contributed by atoms with Crippen LogP contribution in [0.5, 0.6) is 0 Å². The van der Waals surface area contributed by atoms with Crippen LogP contribution >= 0.6 is 0 Å². The minimum atomic E-state index is -4.10. The van der Waals surface area contributed by atoms with Crippen LogP contribution in [0.3, 0.4) is 0 Å². The van der Waals surface area contributed by atoms with E-state index in [4.69, 9.17) is 4.74 Å². The van der Waals surface area contributed by atoms with E-state index in [0.717, 1.165) is 41.2 Å². The Morgan fingerprint density at radius 2 is 1.61 bits per heavy atom. The number of hydrogen-bond acceptors (Lipinski definition) is 7. The lowest BCUT2D eigenvalue weighted by Crippen LogP contribution is -2.54. The first-order chi connectivity index (χ1) is 21.1. The maximum atomic E-state index is 13.4. The molecule has 44 heavy (non-hydrogen) atoms. The molecule has 234 valence electrons. The summed E-state index contributed by atoms with van der Waals surface area (Å²) in [7, 11) is -4.10. The number of aryl methyl sites for hydroxylation is 1. The number of nitrogens with one attached hydrogen (secondary N) is 1. The number of carbonyl (C=O) groups excluding carboxylic acids is 2. The first-order valence-corrected chi connectivity index (χ1v) is 16.3. The number of hydrogen-bond donors (Lipinski definition) is 2. The van der Waals surface area contributed by atoms with Crippen molar-refractivity contribution in [3.05, 3.63) is 95.8 Å². The molecule has 4 rings (SSSR count). The summed E-state index contributed by atoms with van der Waals surface area (Å²) in [5.74, 6) is -1.86. The number of aliphatic carboxylic acids is 1. The van der Waals surface area contributed by atoms with Crippen molar-refractivity contribution in [2.45, 2.75) is 88.1 Å². The molecule has 4 atom stereocenters. The van der Waals surface area contributed by atoms with Crippen LogP contribution in [0.25, 0.3) is 0 Å². The molecule has 1 fully saturated rings. The number of ketones is 1. The Kier molecular flexibility index (Phi) is 11.4. The van der Waals surface area contributed by atoms with E-state index < -0.39 is 46.3 Å². The molecule has 3 aromatic rings. The third kappa shape index (κ3) is 8.58.